The first-order chi connectivity index (χ1) is 20.3. The van der Waals surface area contributed by atoms with Gasteiger partial charge in [-0.05, 0) is 44.6 Å². The van der Waals surface area contributed by atoms with Crippen LogP contribution in [0.15, 0.2) is 58.5 Å². The highest BCUT2D eigenvalue weighted by Gasteiger charge is 2.33. The number of amides is 2. The molecule has 0 saturated heterocycles. The maximum absolute atomic E-state index is 13.6. The number of aliphatic hydroxyl groups is 1. The number of nitrogens with one attached hydrogen (secondary N) is 2. The lowest BCUT2D eigenvalue weighted by Gasteiger charge is -2.30. The van der Waals surface area contributed by atoms with E-state index in [1.807, 2.05) is 20.8 Å². The number of rotatable bonds is 7. The topological polar surface area (TPSA) is 166 Å². The molecule has 0 aromatic carbocycles. The quantitative estimate of drug-likeness (QED) is 0.195. The van der Waals surface area contributed by atoms with Gasteiger partial charge in [-0.2, -0.15) is 0 Å². The van der Waals surface area contributed by atoms with E-state index in [0.29, 0.717) is 18.5 Å². The number of fused-ring (bicyclic) bond motifs is 2. The maximum atomic E-state index is 13.6. The van der Waals surface area contributed by atoms with Gasteiger partial charge in [0.15, 0.2) is 6.10 Å². The lowest BCUT2D eigenvalue weighted by Crippen LogP contribution is -2.38. The first-order valence-corrected chi connectivity index (χ1v) is 14.7. The SMILES string of the molecule is CCCCNC1=C2C[C@@H](C)C[C@H](OC)[C@H](O)[C@@H](C)/C=C(\C)[C@H](OC(N)=O)[C@@H](OC)/C=C\C=C(/C)C(=O)NC(=CC1=O)C2=O. The highest BCUT2D eigenvalue weighted by Crippen LogP contribution is 2.29. The standard InChI is InChI=1S/C32H47N3O8/c1-8-9-13-34-27-22-14-18(2)15-26(42-7)28(37)20(4)16-21(5)30(43-32(33)40)25(41-6)12-10-11-19(3)31(39)35-23(29(22)38)17-24(27)36/h10-12,16-18,20,25-26,28,30,34,37H,8-9,13-15H2,1-7H3,(H2,33,40)(H,35,39)/b12-10-,19-11+,21-16+/t18-,20+,25+,26+,28-,30+/m1/s1. The second kappa shape index (κ2) is 16.9. The molecule has 1 aliphatic heterocycles. The Morgan fingerprint density at radius 2 is 1.86 bits per heavy atom. The zero-order valence-corrected chi connectivity index (χ0v) is 26.3. The maximum Gasteiger partial charge on any atom is 0.405 e. The summed E-state index contributed by atoms with van der Waals surface area (Å²) in [5, 5.41) is 17.0. The molecule has 0 aromatic heterocycles. The molecule has 1 aliphatic carbocycles. The molecule has 6 atom stereocenters. The molecule has 0 radical (unpaired) electrons. The van der Waals surface area contributed by atoms with Crippen LogP contribution in [0.3, 0.4) is 0 Å². The number of nitrogens with two attached hydrogens (primary N) is 1. The molecule has 2 aliphatic rings. The van der Waals surface area contributed by atoms with Gasteiger partial charge in [0.1, 0.15) is 6.10 Å². The molecule has 1 heterocycles. The number of carbonyl (C=O) groups excluding carboxylic acids is 4. The summed E-state index contributed by atoms with van der Waals surface area (Å²) in [5.41, 5.74) is 6.62. The fourth-order valence-electron chi connectivity index (χ4n) is 5.17. The van der Waals surface area contributed by atoms with Crippen LogP contribution in [0.2, 0.25) is 0 Å². The number of ketones is 2. The van der Waals surface area contributed by atoms with Crippen molar-refractivity contribution < 1.29 is 38.5 Å². The Bertz CT molecular complexity index is 1200. The van der Waals surface area contributed by atoms with Crippen molar-refractivity contribution in [2.75, 3.05) is 20.8 Å². The summed E-state index contributed by atoms with van der Waals surface area (Å²) in [6, 6.07) is 0. The van der Waals surface area contributed by atoms with Crippen molar-refractivity contribution in [1.82, 2.24) is 10.6 Å². The van der Waals surface area contributed by atoms with E-state index in [1.54, 1.807) is 32.1 Å². The molecule has 11 nitrogen and oxygen atoms in total. The minimum atomic E-state index is -0.994. The lowest BCUT2D eigenvalue weighted by atomic mass is 9.85. The second-order valence-electron chi connectivity index (χ2n) is 11.2. The van der Waals surface area contributed by atoms with Crippen molar-refractivity contribution in [1.29, 1.82) is 0 Å². The number of hydrogen-bond acceptors (Lipinski definition) is 9. The molecule has 0 saturated carbocycles. The van der Waals surface area contributed by atoms with Gasteiger partial charge in [-0.25, -0.2) is 4.79 Å². The molecular weight excluding hydrogens is 554 g/mol. The van der Waals surface area contributed by atoms with Gasteiger partial charge in [0.05, 0.1) is 23.6 Å². The molecule has 0 spiro atoms. The average molecular weight is 602 g/mol. The highest BCUT2D eigenvalue weighted by molar-refractivity contribution is 6.23. The third-order valence-corrected chi connectivity index (χ3v) is 7.63. The summed E-state index contributed by atoms with van der Waals surface area (Å²) in [4.78, 5) is 51.6. The van der Waals surface area contributed by atoms with Gasteiger partial charge in [0.25, 0.3) is 5.91 Å². The molecule has 43 heavy (non-hydrogen) atoms. The van der Waals surface area contributed by atoms with Crippen molar-refractivity contribution >= 4 is 23.6 Å². The fourth-order valence-corrected chi connectivity index (χ4v) is 5.17. The number of allylic oxidation sites excluding steroid dienone is 4. The normalized spacial score (nSPS) is 31.3. The number of aliphatic hydroxyl groups excluding tert-OH is 1. The fraction of sp³-hybridized carbons (Fsp3) is 0.562. The summed E-state index contributed by atoms with van der Waals surface area (Å²) in [6.07, 6.45) is 5.69. The van der Waals surface area contributed by atoms with Gasteiger partial charge < -0.3 is 35.7 Å². The molecule has 11 heteroatoms. The van der Waals surface area contributed by atoms with Crippen molar-refractivity contribution in [2.45, 2.75) is 84.7 Å². The van der Waals surface area contributed by atoms with E-state index < -0.39 is 48.1 Å². The van der Waals surface area contributed by atoms with Crippen LogP contribution in [0, 0.1) is 11.8 Å². The molecule has 2 bridgehead atoms. The Balaban J connectivity index is 2.61. The lowest BCUT2D eigenvalue weighted by molar-refractivity contribution is -0.120. The molecule has 0 aromatic rings. The Morgan fingerprint density at radius 3 is 2.47 bits per heavy atom. The first kappa shape index (κ1) is 35.7. The number of primary amides is 1. The first-order valence-electron chi connectivity index (χ1n) is 14.7. The third kappa shape index (κ3) is 10.0. The van der Waals surface area contributed by atoms with E-state index in [4.69, 9.17) is 19.9 Å². The van der Waals surface area contributed by atoms with Crippen LogP contribution in [-0.2, 0) is 28.6 Å². The monoisotopic (exact) mass is 601 g/mol. The summed E-state index contributed by atoms with van der Waals surface area (Å²) in [7, 11) is 2.94. The van der Waals surface area contributed by atoms with E-state index in [-0.39, 0.29) is 40.7 Å². The number of carbonyl (C=O) groups is 4. The van der Waals surface area contributed by atoms with Crippen molar-refractivity contribution in [3.63, 3.8) is 0 Å². The van der Waals surface area contributed by atoms with Crippen molar-refractivity contribution in [2.24, 2.45) is 17.6 Å². The van der Waals surface area contributed by atoms with E-state index in [2.05, 4.69) is 10.6 Å². The summed E-state index contributed by atoms with van der Waals surface area (Å²) >= 11 is 0. The number of ether oxygens (including phenoxy) is 3. The molecule has 238 valence electrons. The van der Waals surface area contributed by atoms with Crippen LogP contribution in [0.25, 0.3) is 0 Å². The van der Waals surface area contributed by atoms with Gasteiger partial charge in [-0.3, -0.25) is 14.4 Å². The van der Waals surface area contributed by atoms with Gasteiger partial charge in [0.2, 0.25) is 11.6 Å². The average Bonchev–Trinajstić information content (AvgIpc) is 2.95. The molecule has 0 fully saturated rings. The molecular formula is C32H47N3O8. The van der Waals surface area contributed by atoms with E-state index >= 15 is 0 Å². The Kier molecular flexibility index (Phi) is 14.0. The molecule has 0 unspecified atom stereocenters. The minimum absolute atomic E-state index is 0.102. The highest BCUT2D eigenvalue weighted by atomic mass is 16.6. The Morgan fingerprint density at radius 1 is 1.16 bits per heavy atom. The summed E-state index contributed by atoms with van der Waals surface area (Å²) < 4.78 is 16.6. The van der Waals surface area contributed by atoms with Crippen LogP contribution in [-0.4, -0.2) is 73.9 Å². The smallest absolute Gasteiger partial charge is 0.405 e. The van der Waals surface area contributed by atoms with Crippen molar-refractivity contribution in [3.05, 3.63) is 58.5 Å². The van der Waals surface area contributed by atoms with Crippen molar-refractivity contribution in [3.8, 4) is 0 Å². The van der Waals surface area contributed by atoms with Crippen LogP contribution in [0.4, 0.5) is 4.79 Å². The minimum Gasteiger partial charge on any atom is -0.439 e. The van der Waals surface area contributed by atoms with Crippen LogP contribution < -0.4 is 16.4 Å². The third-order valence-electron chi connectivity index (χ3n) is 7.63. The summed E-state index contributed by atoms with van der Waals surface area (Å²) in [6.45, 7) is 9.59. The van der Waals surface area contributed by atoms with Crippen LogP contribution in [0.5, 0.6) is 0 Å². The van der Waals surface area contributed by atoms with E-state index in [0.717, 1.165) is 18.9 Å². The molecule has 2 amide bonds. The van der Waals surface area contributed by atoms with Gasteiger partial charge >= 0.3 is 6.09 Å². The molecule has 5 N–H and O–H groups in total. The Labute approximate surface area is 254 Å². The zero-order chi connectivity index (χ0) is 32.3. The van der Waals surface area contributed by atoms with Crippen LogP contribution >= 0.6 is 0 Å². The second-order valence-corrected chi connectivity index (χ2v) is 11.2. The summed E-state index contributed by atoms with van der Waals surface area (Å²) in [5.74, 6) is -2.00. The molecule has 2 rings (SSSR count). The van der Waals surface area contributed by atoms with E-state index in [9.17, 15) is 24.3 Å². The predicted molar refractivity (Wildman–Crippen MR) is 162 cm³/mol. The van der Waals surface area contributed by atoms with E-state index in [1.165, 1.54) is 20.3 Å². The van der Waals surface area contributed by atoms with Gasteiger partial charge in [0, 0.05) is 43.9 Å². The Hall–Kier alpha value is -3.54. The van der Waals surface area contributed by atoms with Gasteiger partial charge in [-0.15, -0.1) is 0 Å². The predicted octanol–water partition coefficient (Wildman–Crippen LogP) is 3.15. The number of unbranched alkanes of at least 4 members (excludes halogenated alkanes) is 1. The largest absolute Gasteiger partial charge is 0.439 e. The number of methoxy groups -OCH3 is 2. The number of Topliss-reactive ketones (excluding diaryl/α,β-unsaturated/α-hetero) is 1. The van der Waals surface area contributed by atoms with Crippen LogP contribution in [0.1, 0.15) is 60.3 Å². The zero-order valence-electron chi connectivity index (χ0n) is 26.3. The number of hydrogen-bond donors (Lipinski definition) is 4. The van der Waals surface area contributed by atoms with Gasteiger partial charge in [-0.1, -0.05) is 51.5 Å².